The maximum Gasteiger partial charge on any atom is 0.225 e. The first-order valence-corrected chi connectivity index (χ1v) is 11.9. The number of carbonyl (C=O) groups excluding carboxylic acids is 2. The quantitative estimate of drug-likeness (QED) is 0.624. The molecule has 3 rings (SSSR count). The van der Waals surface area contributed by atoms with Crippen LogP contribution in [0.3, 0.4) is 0 Å². The minimum Gasteiger partial charge on any atom is -0.493 e. The van der Waals surface area contributed by atoms with Crippen molar-refractivity contribution in [3.63, 3.8) is 0 Å². The van der Waals surface area contributed by atoms with Crippen LogP contribution in [0.5, 0.6) is 17.2 Å². The highest BCUT2D eigenvalue weighted by atomic mass is 32.2. The van der Waals surface area contributed by atoms with Crippen LogP contribution in [0.15, 0.2) is 35.2 Å². The molecule has 0 saturated carbocycles. The first-order chi connectivity index (χ1) is 15.6. The van der Waals surface area contributed by atoms with E-state index in [0.717, 1.165) is 11.3 Å². The third kappa shape index (κ3) is 4.90. The molecular formula is C23H28N2O7S. The summed E-state index contributed by atoms with van der Waals surface area (Å²) in [4.78, 5) is 26.1. The Hall–Kier alpha value is -3.27. The lowest BCUT2D eigenvalue weighted by molar-refractivity contribution is -0.117. The summed E-state index contributed by atoms with van der Waals surface area (Å²) in [6.07, 6.45) is 0.351. The summed E-state index contributed by atoms with van der Waals surface area (Å²) in [7, 11) is 0.643. The summed E-state index contributed by atoms with van der Waals surface area (Å²) in [5, 5.41) is 1.74. The summed E-state index contributed by atoms with van der Waals surface area (Å²) in [5.41, 5.74) is 1.93. The molecule has 0 bridgehead atoms. The normalized spacial score (nSPS) is 13.8. The molecule has 0 aromatic heterocycles. The fourth-order valence-electron chi connectivity index (χ4n) is 3.85. The van der Waals surface area contributed by atoms with E-state index in [-0.39, 0.29) is 17.2 Å². The van der Waals surface area contributed by atoms with E-state index in [4.69, 9.17) is 14.2 Å². The van der Waals surface area contributed by atoms with Crippen LogP contribution in [0.4, 0.5) is 11.4 Å². The van der Waals surface area contributed by atoms with Crippen molar-refractivity contribution in [2.24, 2.45) is 0 Å². The van der Waals surface area contributed by atoms with Crippen molar-refractivity contribution in [2.45, 2.75) is 36.8 Å². The molecule has 2 amide bonds. The first kappa shape index (κ1) is 24.4. The zero-order valence-corrected chi connectivity index (χ0v) is 20.1. The van der Waals surface area contributed by atoms with E-state index in [1.165, 1.54) is 41.2 Å². The van der Waals surface area contributed by atoms with Crippen molar-refractivity contribution in [1.82, 2.24) is 0 Å². The third-order valence-corrected chi connectivity index (χ3v) is 7.74. The first-order valence-electron chi connectivity index (χ1n) is 10.4. The summed E-state index contributed by atoms with van der Waals surface area (Å²) >= 11 is 0. The number of methoxy groups -OCH3 is 3. The number of fused-ring (bicyclic) bond motifs is 1. The number of nitrogens with zero attached hydrogens (tertiary/aromatic N) is 1. The van der Waals surface area contributed by atoms with Gasteiger partial charge in [0, 0.05) is 43.4 Å². The van der Waals surface area contributed by atoms with Crippen LogP contribution in [-0.4, -0.2) is 53.4 Å². The van der Waals surface area contributed by atoms with Crippen LogP contribution < -0.4 is 24.4 Å². The molecule has 0 aliphatic carbocycles. The van der Waals surface area contributed by atoms with Crippen LogP contribution in [-0.2, 0) is 25.8 Å². The Morgan fingerprint density at radius 2 is 1.70 bits per heavy atom. The molecule has 0 saturated heterocycles. The van der Waals surface area contributed by atoms with Crippen molar-refractivity contribution in [1.29, 1.82) is 0 Å². The molecule has 0 fully saturated rings. The second-order valence-electron chi connectivity index (χ2n) is 7.73. The molecule has 2 aromatic rings. The molecule has 1 aliphatic heterocycles. The lowest BCUT2D eigenvalue weighted by atomic mass is 10.2. The Kier molecular flexibility index (Phi) is 7.16. The largest absolute Gasteiger partial charge is 0.493 e. The lowest BCUT2D eigenvalue weighted by Gasteiger charge is -2.17. The number of carbonyl (C=O) groups is 2. The molecule has 178 valence electrons. The molecule has 33 heavy (non-hydrogen) atoms. The van der Waals surface area contributed by atoms with E-state index < -0.39 is 21.0 Å². The van der Waals surface area contributed by atoms with Crippen molar-refractivity contribution in [3.05, 3.63) is 35.9 Å². The highest BCUT2D eigenvalue weighted by Gasteiger charge is 2.29. The van der Waals surface area contributed by atoms with Gasteiger partial charge in [0.25, 0.3) is 0 Å². The van der Waals surface area contributed by atoms with Crippen molar-refractivity contribution < 1.29 is 32.2 Å². The molecule has 10 heteroatoms. The Labute approximate surface area is 193 Å². The van der Waals surface area contributed by atoms with Crippen molar-refractivity contribution in [2.75, 3.05) is 38.1 Å². The summed E-state index contributed by atoms with van der Waals surface area (Å²) in [6, 6.07) is 7.88. The minimum absolute atomic E-state index is 0.0822. The van der Waals surface area contributed by atoms with Gasteiger partial charge in [-0.15, -0.1) is 0 Å². The smallest absolute Gasteiger partial charge is 0.225 e. The maximum atomic E-state index is 13.1. The Balaban J connectivity index is 1.75. The SMILES string of the molecule is COc1cc(NC(=O)C[C@H](C)S(=O)(=O)c2ccc3c(c2)CCN3C(C)=O)cc(OC)c1OC. The van der Waals surface area contributed by atoms with Gasteiger partial charge in [0.05, 0.1) is 31.5 Å². The van der Waals surface area contributed by atoms with Crippen LogP contribution >= 0.6 is 0 Å². The van der Waals surface area contributed by atoms with Gasteiger partial charge in [-0.1, -0.05) is 0 Å². The van der Waals surface area contributed by atoms with E-state index in [0.29, 0.717) is 35.9 Å². The highest BCUT2D eigenvalue weighted by Crippen LogP contribution is 2.40. The molecule has 0 spiro atoms. The Bertz CT molecular complexity index is 1150. The van der Waals surface area contributed by atoms with Crippen molar-refractivity contribution in [3.8, 4) is 17.2 Å². The summed E-state index contributed by atoms with van der Waals surface area (Å²) in [6.45, 7) is 3.51. The highest BCUT2D eigenvalue weighted by molar-refractivity contribution is 7.92. The predicted octanol–water partition coefficient (Wildman–Crippen LogP) is 2.81. The summed E-state index contributed by atoms with van der Waals surface area (Å²) < 4.78 is 42.0. The average molecular weight is 477 g/mol. The number of sulfone groups is 1. The summed E-state index contributed by atoms with van der Waals surface area (Å²) in [5.74, 6) is 0.565. The fourth-order valence-corrected chi connectivity index (χ4v) is 5.25. The van der Waals surface area contributed by atoms with E-state index in [1.807, 2.05) is 0 Å². The number of ether oxygens (including phenoxy) is 3. The second kappa shape index (κ2) is 9.70. The molecule has 0 radical (unpaired) electrons. The van der Waals surface area contributed by atoms with Gasteiger partial charge in [0.15, 0.2) is 21.3 Å². The van der Waals surface area contributed by atoms with Gasteiger partial charge in [-0.05, 0) is 37.1 Å². The van der Waals surface area contributed by atoms with Crippen LogP contribution in [0.1, 0.15) is 25.8 Å². The molecule has 9 nitrogen and oxygen atoms in total. The van der Waals surface area contributed by atoms with Crippen LogP contribution in [0.25, 0.3) is 0 Å². The predicted molar refractivity (Wildman–Crippen MR) is 124 cm³/mol. The second-order valence-corrected chi connectivity index (χ2v) is 10.1. The van der Waals surface area contributed by atoms with Gasteiger partial charge in [-0.25, -0.2) is 8.42 Å². The molecule has 1 atom stereocenters. The van der Waals surface area contributed by atoms with E-state index in [2.05, 4.69) is 5.32 Å². The Morgan fingerprint density at radius 3 is 2.24 bits per heavy atom. The minimum atomic E-state index is -3.76. The number of rotatable bonds is 8. The number of anilines is 2. The van der Waals surface area contributed by atoms with Crippen LogP contribution in [0.2, 0.25) is 0 Å². The van der Waals surface area contributed by atoms with Gasteiger partial charge >= 0.3 is 0 Å². The fraction of sp³-hybridized carbons (Fsp3) is 0.391. The number of nitrogens with one attached hydrogen (secondary N) is 1. The van der Waals surface area contributed by atoms with Gasteiger partial charge in [-0.3, -0.25) is 9.59 Å². The monoisotopic (exact) mass is 476 g/mol. The number of benzene rings is 2. The molecule has 1 N–H and O–H groups in total. The number of hydrogen-bond acceptors (Lipinski definition) is 7. The van der Waals surface area contributed by atoms with E-state index >= 15 is 0 Å². The van der Waals surface area contributed by atoms with Gasteiger partial charge in [-0.2, -0.15) is 0 Å². The Morgan fingerprint density at radius 1 is 1.06 bits per heavy atom. The number of hydrogen-bond donors (Lipinski definition) is 1. The van der Waals surface area contributed by atoms with E-state index in [1.54, 1.807) is 29.2 Å². The van der Waals surface area contributed by atoms with Crippen LogP contribution in [0, 0.1) is 0 Å². The standard InChI is InChI=1S/C23H28N2O7S/c1-14(10-22(27)24-17-12-20(30-3)23(32-5)21(13-17)31-4)33(28,29)18-6-7-19-16(11-18)8-9-25(19)15(2)26/h6-7,11-14H,8-10H2,1-5H3,(H,24,27)/t14-/m0/s1. The van der Waals surface area contributed by atoms with Gasteiger partial charge < -0.3 is 24.4 Å². The molecule has 0 unspecified atom stereocenters. The maximum absolute atomic E-state index is 13.1. The topological polar surface area (TPSA) is 111 Å². The zero-order valence-electron chi connectivity index (χ0n) is 19.3. The molecular weight excluding hydrogens is 448 g/mol. The molecule has 1 heterocycles. The molecule has 2 aromatic carbocycles. The number of amides is 2. The zero-order chi connectivity index (χ0) is 24.3. The van der Waals surface area contributed by atoms with E-state index in [9.17, 15) is 18.0 Å². The average Bonchev–Trinajstić information content (AvgIpc) is 3.21. The lowest BCUT2D eigenvalue weighted by Crippen LogP contribution is -2.26. The third-order valence-electron chi connectivity index (χ3n) is 5.61. The van der Waals surface area contributed by atoms with Gasteiger partial charge in [0.2, 0.25) is 17.6 Å². The van der Waals surface area contributed by atoms with Gasteiger partial charge in [0.1, 0.15) is 0 Å². The van der Waals surface area contributed by atoms with Crippen molar-refractivity contribution >= 4 is 33.0 Å². The molecule has 1 aliphatic rings.